The van der Waals surface area contributed by atoms with E-state index in [1.165, 1.54) is 0 Å². The highest BCUT2D eigenvalue weighted by atomic mass is 32.2. The average Bonchev–Trinajstić information content (AvgIpc) is 2.99. The summed E-state index contributed by atoms with van der Waals surface area (Å²) in [4.78, 5) is 12.5. The molecule has 0 saturated carbocycles. The molecule has 1 atom stereocenters. The molecule has 2 N–H and O–H groups in total. The lowest BCUT2D eigenvalue weighted by Crippen LogP contribution is -2.18. The Morgan fingerprint density at radius 3 is 2.64 bits per heavy atom. The van der Waals surface area contributed by atoms with Gasteiger partial charge in [-0.25, -0.2) is 13.2 Å². The molecule has 0 saturated heterocycles. The van der Waals surface area contributed by atoms with E-state index in [1.807, 2.05) is 43.3 Å². The first-order chi connectivity index (χ1) is 11.9. The second-order valence-electron chi connectivity index (χ2n) is 5.83. The molecule has 0 unspecified atom stereocenters. The van der Waals surface area contributed by atoms with Crippen LogP contribution < -0.4 is 4.72 Å². The number of carboxylic acids is 1. The Morgan fingerprint density at radius 1 is 1.28 bits per heavy atom. The number of rotatable bonds is 5. The first-order valence-electron chi connectivity index (χ1n) is 7.69. The molecule has 0 radical (unpaired) electrons. The van der Waals surface area contributed by atoms with Crippen molar-refractivity contribution in [3.63, 3.8) is 0 Å². The lowest BCUT2D eigenvalue weighted by Gasteiger charge is -2.15. The van der Waals surface area contributed by atoms with Crippen LogP contribution in [0.4, 0.5) is 5.69 Å². The van der Waals surface area contributed by atoms with Crippen molar-refractivity contribution >= 4 is 33.0 Å². The first kappa shape index (κ1) is 17.4. The Labute approximate surface area is 150 Å². The van der Waals surface area contributed by atoms with Gasteiger partial charge in [0.05, 0.1) is 10.6 Å². The Morgan fingerprint density at radius 2 is 2.00 bits per heavy atom. The second-order valence-corrected chi connectivity index (χ2v) is 8.62. The first-order valence-corrected chi connectivity index (χ1v) is 9.99. The molecule has 1 aromatic heterocycles. The zero-order valence-electron chi connectivity index (χ0n) is 13.5. The summed E-state index contributed by atoms with van der Waals surface area (Å²) < 4.78 is 27.7. The van der Waals surface area contributed by atoms with E-state index in [0.29, 0.717) is 11.3 Å². The van der Waals surface area contributed by atoms with Crippen LogP contribution in [0.15, 0.2) is 59.5 Å². The molecular weight excluding hydrogens is 358 g/mol. The minimum absolute atomic E-state index is 0.0255. The van der Waals surface area contributed by atoms with Gasteiger partial charge in [0.15, 0.2) is 0 Å². The van der Waals surface area contributed by atoms with Crippen LogP contribution in [-0.4, -0.2) is 19.5 Å². The van der Waals surface area contributed by atoms with Crippen molar-refractivity contribution < 1.29 is 18.3 Å². The van der Waals surface area contributed by atoms with Gasteiger partial charge < -0.3 is 5.11 Å². The van der Waals surface area contributed by atoms with Crippen LogP contribution in [0.2, 0.25) is 0 Å². The number of aromatic carboxylic acids is 1. The minimum atomic E-state index is -3.79. The van der Waals surface area contributed by atoms with E-state index in [1.54, 1.807) is 18.2 Å². The van der Waals surface area contributed by atoms with Gasteiger partial charge in [-0.3, -0.25) is 4.72 Å². The molecule has 3 rings (SSSR count). The lowest BCUT2D eigenvalue weighted by atomic mass is 10.0. The van der Waals surface area contributed by atoms with Gasteiger partial charge in [0, 0.05) is 4.88 Å². The summed E-state index contributed by atoms with van der Waals surface area (Å²) in [7, 11) is -3.79. The molecule has 1 heterocycles. The van der Waals surface area contributed by atoms with E-state index in [0.717, 1.165) is 16.9 Å². The second kappa shape index (κ2) is 6.85. The van der Waals surface area contributed by atoms with Crippen LogP contribution >= 0.6 is 11.3 Å². The van der Waals surface area contributed by atoms with Crippen LogP contribution in [-0.2, 0) is 10.0 Å². The van der Waals surface area contributed by atoms with Crippen molar-refractivity contribution in [2.24, 2.45) is 5.92 Å². The third-order valence-corrected chi connectivity index (χ3v) is 6.47. The van der Waals surface area contributed by atoms with E-state index >= 15 is 0 Å². The molecule has 1 aliphatic rings. The summed E-state index contributed by atoms with van der Waals surface area (Å²) in [5.41, 5.74) is 0.938. The number of carbonyl (C=O) groups is 1. The van der Waals surface area contributed by atoms with Gasteiger partial charge in [-0.05, 0) is 30.0 Å². The van der Waals surface area contributed by atoms with Crippen LogP contribution in [0.3, 0.4) is 0 Å². The highest BCUT2D eigenvalue weighted by Crippen LogP contribution is 2.36. The normalized spacial score (nSPS) is 17.2. The number of hydrogen-bond donors (Lipinski definition) is 2. The number of sulfonamides is 1. The number of nitrogens with one attached hydrogen (secondary N) is 1. The average molecular weight is 375 g/mol. The maximum atomic E-state index is 12.6. The molecule has 5 nitrogen and oxygen atoms in total. The Balaban J connectivity index is 1.97. The summed E-state index contributed by atoms with van der Waals surface area (Å²) in [5, 5.41) is 9.42. The number of thiophene rings is 1. The fourth-order valence-corrected chi connectivity index (χ4v) is 4.93. The fourth-order valence-electron chi connectivity index (χ4n) is 2.59. The zero-order chi connectivity index (χ0) is 18.0. The molecule has 1 aromatic carbocycles. The summed E-state index contributed by atoms with van der Waals surface area (Å²) in [6, 6.07) is 10.8. The molecule has 7 heteroatoms. The molecule has 25 heavy (non-hydrogen) atoms. The Bertz CT molecular complexity index is 956. The van der Waals surface area contributed by atoms with Gasteiger partial charge in [0.1, 0.15) is 4.88 Å². The molecule has 130 valence electrons. The topological polar surface area (TPSA) is 83.5 Å². The number of allylic oxidation sites excluding steroid dienone is 4. The van der Waals surface area contributed by atoms with Crippen molar-refractivity contribution in [3.8, 4) is 10.4 Å². The van der Waals surface area contributed by atoms with Crippen LogP contribution in [0.5, 0.6) is 0 Å². The minimum Gasteiger partial charge on any atom is -0.477 e. The molecule has 0 bridgehead atoms. The molecule has 0 fully saturated rings. The van der Waals surface area contributed by atoms with Gasteiger partial charge in [-0.1, -0.05) is 49.4 Å². The number of hydrogen-bond acceptors (Lipinski definition) is 4. The summed E-state index contributed by atoms with van der Waals surface area (Å²) in [6.07, 6.45) is 5.58. The van der Waals surface area contributed by atoms with Crippen LogP contribution in [0.1, 0.15) is 23.0 Å². The van der Waals surface area contributed by atoms with Gasteiger partial charge in [-0.15, -0.1) is 11.3 Å². The molecule has 0 aliphatic heterocycles. The van der Waals surface area contributed by atoms with E-state index in [9.17, 15) is 18.3 Å². The van der Waals surface area contributed by atoms with Gasteiger partial charge in [-0.2, -0.15) is 0 Å². The highest BCUT2D eigenvalue weighted by molar-refractivity contribution is 7.96. The zero-order valence-corrected chi connectivity index (χ0v) is 15.1. The summed E-state index contributed by atoms with van der Waals surface area (Å²) in [6.45, 7) is 1.93. The van der Waals surface area contributed by atoms with Crippen molar-refractivity contribution in [2.45, 2.75) is 13.3 Å². The maximum Gasteiger partial charge on any atom is 0.348 e. The van der Waals surface area contributed by atoms with Gasteiger partial charge in [0.25, 0.3) is 10.0 Å². The SMILES string of the molecule is C[C@@H]1C=CC=C(S(=O)(=O)Nc2cc(-c3ccccc3)sc2C(=O)O)C1. The summed E-state index contributed by atoms with van der Waals surface area (Å²) >= 11 is 1.05. The van der Waals surface area contributed by atoms with Crippen molar-refractivity contribution in [1.29, 1.82) is 0 Å². The number of carboxylic acid groups (broad SMARTS) is 1. The van der Waals surface area contributed by atoms with E-state index in [-0.39, 0.29) is 21.4 Å². The molecule has 0 amide bonds. The van der Waals surface area contributed by atoms with Crippen LogP contribution in [0.25, 0.3) is 10.4 Å². The fraction of sp³-hybridized carbons (Fsp3) is 0.167. The highest BCUT2D eigenvalue weighted by Gasteiger charge is 2.25. The smallest absolute Gasteiger partial charge is 0.348 e. The van der Waals surface area contributed by atoms with Gasteiger partial charge in [0.2, 0.25) is 0 Å². The van der Waals surface area contributed by atoms with E-state index in [4.69, 9.17) is 0 Å². The maximum absolute atomic E-state index is 12.6. The molecule has 0 spiro atoms. The van der Waals surface area contributed by atoms with Gasteiger partial charge >= 0.3 is 5.97 Å². The lowest BCUT2D eigenvalue weighted by molar-refractivity contribution is 0.0703. The molecular formula is C18H17NO4S2. The molecule has 2 aromatic rings. The number of anilines is 1. The molecule has 1 aliphatic carbocycles. The van der Waals surface area contributed by atoms with Crippen molar-refractivity contribution in [1.82, 2.24) is 0 Å². The third-order valence-electron chi connectivity index (χ3n) is 3.82. The predicted octanol–water partition coefficient (Wildman–Crippen LogP) is 4.33. The van der Waals surface area contributed by atoms with Crippen molar-refractivity contribution in [2.75, 3.05) is 4.72 Å². The predicted molar refractivity (Wildman–Crippen MR) is 100 cm³/mol. The van der Waals surface area contributed by atoms with Crippen LogP contribution in [0, 0.1) is 5.92 Å². The summed E-state index contributed by atoms with van der Waals surface area (Å²) in [5.74, 6) is -1.03. The Hall–Kier alpha value is -2.38. The monoisotopic (exact) mass is 375 g/mol. The Kier molecular flexibility index (Phi) is 4.78. The van der Waals surface area contributed by atoms with E-state index < -0.39 is 16.0 Å². The largest absolute Gasteiger partial charge is 0.477 e. The van der Waals surface area contributed by atoms with E-state index in [2.05, 4.69) is 4.72 Å². The third kappa shape index (κ3) is 3.83. The van der Waals surface area contributed by atoms with Crippen molar-refractivity contribution in [3.05, 3.63) is 64.4 Å². The quantitative estimate of drug-likeness (QED) is 0.814. The standard InChI is InChI=1S/C18H17NO4S2/c1-12-6-5-9-14(10-12)25(22,23)19-15-11-16(24-17(15)18(20)21)13-7-3-2-4-8-13/h2-9,11-12,19H,10H2,1H3,(H,20,21)/t12-/m1/s1. The number of benzene rings is 1.